The highest BCUT2D eigenvalue weighted by atomic mass is 16.5. The third kappa shape index (κ3) is 4.68. The summed E-state index contributed by atoms with van der Waals surface area (Å²) in [6.45, 7) is 5.91. The van der Waals surface area contributed by atoms with Crippen molar-refractivity contribution >= 4 is 5.91 Å². The lowest BCUT2D eigenvalue weighted by Gasteiger charge is -2.38. The SMILES string of the molecule is CNC(=O)[C@@H]1C[C@H](Oc2ccccc2)CN1C1CCN(Cc2cn(C)nc2C)CC1. The van der Waals surface area contributed by atoms with Crippen LogP contribution in [0.25, 0.3) is 0 Å². The molecule has 7 nitrogen and oxygen atoms in total. The normalized spacial score (nSPS) is 23.6. The predicted molar refractivity (Wildman–Crippen MR) is 116 cm³/mol. The lowest BCUT2D eigenvalue weighted by Crippen LogP contribution is -2.50. The fourth-order valence-electron chi connectivity index (χ4n) is 4.88. The van der Waals surface area contributed by atoms with Crippen LogP contribution in [0.15, 0.2) is 36.5 Å². The molecule has 2 atom stereocenters. The minimum Gasteiger partial charge on any atom is -0.489 e. The Hall–Kier alpha value is -2.38. The van der Waals surface area contributed by atoms with Crippen LogP contribution in [0.4, 0.5) is 0 Å². The maximum absolute atomic E-state index is 12.6. The van der Waals surface area contributed by atoms with Gasteiger partial charge in [0.1, 0.15) is 11.9 Å². The standard InChI is InChI=1S/C23H33N5O2/c1-17-18(14-26(3)25-17)15-27-11-9-19(10-12-27)28-16-21(13-22(28)23(29)24-2)30-20-7-5-4-6-8-20/h4-8,14,19,21-22H,9-13,15-16H2,1-3H3,(H,24,29)/t21-,22-/m0/s1. The highest BCUT2D eigenvalue weighted by molar-refractivity contribution is 5.81. The van der Waals surface area contributed by atoms with Gasteiger partial charge in [-0.1, -0.05) is 18.2 Å². The average Bonchev–Trinajstić information content (AvgIpc) is 3.31. The van der Waals surface area contributed by atoms with Crippen LogP contribution in [0.5, 0.6) is 5.75 Å². The second-order valence-corrected chi connectivity index (χ2v) is 8.54. The first-order chi connectivity index (χ1) is 14.5. The summed E-state index contributed by atoms with van der Waals surface area (Å²) in [5.41, 5.74) is 2.41. The number of aryl methyl sites for hydroxylation is 2. The molecule has 2 aliphatic rings. The molecule has 7 heteroatoms. The number of likely N-dealkylation sites (N-methyl/N-ethyl adjacent to an activating group) is 1. The van der Waals surface area contributed by atoms with Crippen molar-refractivity contribution < 1.29 is 9.53 Å². The molecule has 1 aromatic heterocycles. The third-order valence-corrected chi connectivity index (χ3v) is 6.43. The molecule has 0 spiro atoms. The fourth-order valence-corrected chi connectivity index (χ4v) is 4.88. The summed E-state index contributed by atoms with van der Waals surface area (Å²) >= 11 is 0. The Labute approximate surface area is 179 Å². The van der Waals surface area contributed by atoms with Gasteiger partial charge in [-0.25, -0.2) is 0 Å². The van der Waals surface area contributed by atoms with Crippen LogP contribution in [-0.4, -0.2) is 70.4 Å². The zero-order chi connectivity index (χ0) is 21.1. The summed E-state index contributed by atoms with van der Waals surface area (Å²) in [7, 11) is 3.70. The summed E-state index contributed by atoms with van der Waals surface area (Å²) in [5, 5.41) is 7.31. The molecule has 0 aliphatic carbocycles. The molecule has 30 heavy (non-hydrogen) atoms. The Morgan fingerprint density at radius 1 is 1.23 bits per heavy atom. The van der Waals surface area contributed by atoms with Crippen LogP contribution in [0, 0.1) is 6.92 Å². The third-order valence-electron chi connectivity index (χ3n) is 6.43. The molecule has 0 saturated carbocycles. The molecule has 1 amide bonds. The zero-order valence-corrected chi connectivity index (χ0v) is 18.3. The molecule has 2 aliphatic heterocycles. The van der Waals surface area contributed by atoms with Crippen LogP contribution in [0.1, 0.15) is 30.5 Å². The number of hydrogen-bond donors (Lipinski definition) is 1. The number of aromatic nitrogens is 2. The number of ether oxygens (including phenoxy) is 1. The van der Waals surface area contributed by atoms with E-state index in [0.717, 1.165) is 56.9 Å². The van der Waals surface area contributed by atoms with Crippen molar-refractivity contribution in [2.45, 2.75) is 50.9 Å². The maximum atomic E-state index is 12.6. The van der Waals surface area contributed by atoms with E-state index in [4.69, 9.17) is 4.74 Å². The minimum absolute atomic E-state index is 0.0470. The number of piperidine rings is 1. The number of hydrogen-bond acceptors (Lipinski definition) is 5. The smallest absolute Gasteiger partial charge is 0.237 e. The Morgan fingerprint density at radius 3 is 2.60 bits per heavy atom. The Kier molecular flexibility index (Phi) is 6.39. The van der Waals surface area contributed by atoms with Crippen LogP contribution < -0.4 is 10.1 Å². The van der Waals surface area contributed by atoms with E-state index in [1.807, 2.05) is 42.1 Å². The van der Waals surface area contributed by atoms with Crippen LogP contribution in [0.2, 0.25) is 0 Å². The van der Waals surface area contributed by atoms with Crippen molar-refractivity contribution in [1.29, 1.82) is 0 Å². The monoisotopic (exact) mass is 411 g/mol. The number of rotatable bonds is 6. The number of para-hydroxylation sites is 1. The molecule has 2 fully saturated rings. The van der Waals surface area contributed by atoms with E-state index in [2.05, 4.69) is 33.3 Å². The molecular weight excluding hydrogens is 378 g/mol. The molecule has 3 heterocycles. The van der Waals surface area contributed by atoms with Gasteiger partial charge in [0.05, 0.1) is 11.7 Å². The Bertz CT molecular complexity index is 845. The zero-order valence-electron chi connectivity index (χ0n) is 18.3. The topological polar surface area (TPSA) is 62.6 Å². The molecule has 1 N–H and O–H groups in total. The van der Waals surface area contributed by atoms with E-state index < -0.39 is 0 Å². The molecule has 2 aromatic rings. The lowest BCUT2D eigenvalue weighted by atomic mass is 10.0. The van der Waals surface area contributed by atoms with Crippen molar-refractivity contribution in [3.8, 4) is 5.75 Å². The van der Waals surface area contributed by atoms with Crippen molar-refractivity contribution in [2.75, 3.05) is 26.7 Å². The van der Waals surface area contributed by atoms with Gasteiger partial charge in [0.25, 0.3) is 0 Å². The van der Waals surface area contributed by atoms with Gasteiger partial charge in [-0.05, 0) is 45.0 Å². The summed E-state index contributed by atoms with van der Waals surface area (Å²) in [6, 6.07) is 10.2. The van der Waals surface area contributed by atoms with Gasteiger partial charge in [0, 0.05) is 51.4 Å². The van der Waals surface area contributed by atoms with Gasteiger partial charge in [0.15, 0.2) is 0 Å². The molecule has 1 aromatic carbocycles. The van der Waals surface area contributed by atoms with Gasteiger partial charge in [0.2, 0.25) is 5.91 Å². The second-order valence-electron chi connectivity index (χ2n) is 8.54. The van der Waals surface area contributed by atoms with Gasteiger partial charge in [-0.3, -0.25) is 19.3 Å². The first-order valence-corrected chi connectivity index (χ1v) is 10.9. The Balaban J connectivity index is 1.36. The van der Waals surface area contributed by atoms with Crippen molar-refractivity contribution in [2.24, 2.45) is 7.05 Å². The molecule has 0 unspecified atom stereocenters. The Morgan fingerprint density at radius 2 is 1.97 bits per heavy atom. The van der Waals surface area contributed by atoms with E-state index in [0.29, 0.717) is 6.04 Å². The van der Waals surface area contributed by atoms with E-state index in [9.17, 15) is 4.79 Å². The van der Waals surface area contributed by atoms with E-state index in [1.54, 1.807) is 7.05 Å². The highest BCUT2D eigenvalue weighted by Crippen LogP contribution is 2.29. The number of benzene rings is 1. The number of nitrogens with one attached hydrogen (secondary N) is 1. The van der Waals surface area contributed by atoms with Crippen LogP contribution in [-0.2, 0) is 18.4 Å². The number of carbonyl (C=O) groups is 1. The van der Waals surface area contributed by atoms with Crippen LogP contribution >= 0.6 is 0 Å². The van der Waals surface area contributed by atoms with Crippen molar-refractivity contribution in [3.63, 3.8) is 0 Å². The molecule has 0 radical (unpaired) electrons. The number of nitrogens with zero attached hydrogens (tertiary/aromatic N) is 4. The van der Waals surface area contributed by atoms with Gasteiger partial charge >= 0.3 is 0 Å². The summed E-state index contributed by atoms with van der Waals surface area (Å²) in [5.74, 6) is 0.976. The van der Waals surface area contributed by atoms with Gasteiger partial charge in [-0.2, -0.15) is 5.10 Å². The largest absolute Gasteiger partial charge is 0.489 e. The van der Waals surface area contributed by atoms with Crippen molar-refractivity contribution in [3.05, 3.63) is 47.8 Å². The quantitative estimate of drug-likeness (QED) is 0.787. The summed E-state index contributed by atoms with van der Waals surface area (Å²) in [4.78, 5) is 17.5. The molecule has 162 valence electrons. The lowest BCUT2D eigenvalue weighted by molar-refractivity contribution is -0.126. The van der Waals surface area contributed by atoms with Crippen molar-refractivity contribution in [1.82, 2.24) is 24.9 Å². The van der Waals surface area contributed by atoms with Gasteiger partial charge in [-0.15, -0.1) is 0 Å². The van der Waals surface area contributed by atoms with Crippen LogP contribution in [0.3, 0.4) is 0 Å². The maximum Gasteiger partial charge on any atom is 0.237 e. The second kappa shape index (κ2) is 9.18. The first kappa shape index (κ1) is 20.9. The van der Waals surface area contributed by atoms with E-state index >= 15 is 0 Å². The molecular formula is C23H33N5O2. The minimum atomic E-state index is -0.110. The predicted octanol–water partition coefficient (Wildman–Crippen LogP) is 1.96. The fraction of sp³-hybridized carbons (Fsp3) is 0.565. The number of amides is 1. The first-order valence-electron chi connectivity index (χ1n) is 10.9. The summed E-state index contributed by atoms with van der Waals surface area (Å²) in [6.07, 6.45) is 5.06. The highest BCUT2D eigenvalue weighted by Gasteiger charge is 2.41. The van der Waals surface area contributed by atoms with E-state index in [1.165, 1.54) is 5.56 Å². The summed E-state index contributed by atoms with van der Waals surface area (Å²) < 4.78 is 8.09. The molecule has 4 rings (SSSR count). The average molecular weight is 412 g/mol. The number of likely N-dealkylation sites (tertiary alicyclic amines) is 2. The van der Waals surface area contributed by atoms with Gasteiger partial charge < -0.3 is 10.1 Å². The molecule has 0 bridgehead atoms. The number of carbonyl (C=O) groups excluding carboxylic acids is 1. The van der Waals surface area contributed by atoms with E-state index in [-0.39, 0.29) is 18.1 Å². The molecule has 2 saturated heterocycles.